The van der Waals surface area contributed by atoms with E-state index in [-0.39, 0.29) is 5.91 Å². The summed E-state index contributed by atoms with van der Waals surface area (Å²) in [5.41, 5.74) is 3.56. The van der Waals surface area contributed by atoms with Gasteiger partial charge in [-0.3, -0.25) is 4.79 Å². The van der Waals surface area contributed by atoms with Crippen molar-refractivity contribution in [2.24, 2.45) is 0 Å². The molecule has 0 bridgehead atoms. The highest BCUT2D eigenvalue weighted by Gasteiger charge is 2.13. The van der Waals surface area contributed by atoms with E-state index in [1.54, 1.807) is 19.2 Å². The van der Waals surface area contributed by atoms with Crippen LogP contribution in [-0.4, -0.2) is 13.0 Å². The Morgan fingerprint density at radius 1 is 1.14 bits per heavy atom. The second-order valence-electron chi connectivity index (χ2n) is 4.83. The lowest BCUT2D eigenvalue weighted by molar-refractivity contribution is 0.102. The van der Waals surface area contributed by atoms with Gasteiger partial charge in [0.15, 0.2) is 0 Å². The molecule has 110 valence electrons. The number of amides is 1. The molecule has 0 aromatic heterocycles. The number of nitrogens with one attached hydrogen (secondary N) is 2. The molecule has 0 atom stereocenters. The molecule has 2 aromatic carbocycles. The van der Waals surface area contributed by atoms with Crippen molar-refractivity contribution < 1.29 is 9.18 Å². The summed E-state index contributed by atoms with van der Waals surface area (Å²) in [6.07, 6.45) is 0. The molecule has 0 heterocycles. The number of carbonyl (C=O) groups is 1. The molecular weight excluding hydrogens is 335 g/mol. The maximum atomic E-state index is 13.6. The highest BCUT2D eigenvalue weighted by atomic mass is 79.9. The maximum absolute atomic E-state index is 13.6. The van der Waals surface area contributed by atoms with Crippen molar-refractivity contribution in [2.75, 3.05) is 17.7 Å². The number of hydrogen-bond acceptors (Lipinski definition) is 2. The number of carbonyl (C=O) groups excluding carboxylic acids is 1. The standard InChI is InChI=1S/C16H16BrFN2O/c1-9-4-5-11(15(6-9)19-3)16(21)20-14-8-13(18)12(17)7-10(14)2/h4-8,19H,1-3H3,(H,20,21). The lowest BCUT2D eigenvalue weighted by Gasteiger charge is -2.13. The van der Waals surface area contributed by atoms with Gasteiger partial charge in [-0.1, -0.05) is 6.07 Å². The van der Waals surface area contributed by atoms with Crippen LogP contribution in [0.1, 0.15) is 21.5 Å². The van der Waals surface area contributed by atoms with E-state index in [0.717, 1.165) is 16.8 Å². The van der Waals surface area contributed by atoms with Gasteiger partial charge in [0.2, 0.25) is 0 Å². The average Bonchev–Trinajstić information content (AvgIpc) is 2.44. The van der Waals surface area contributed by atoms with Crippen molar-refractivity contribution in [3.05, 3.63) is 57.3 Å². The van der Waals surface area contributed by atoms with Crippen molar-refractivity contribution in [2.45, 2.75) is 13.8 Å². The van der Waals surface area contributed by atoms with E-state index in [9.17, 15) is 9.18 Å². The number of anilines is 2. The molecule has 1 amide bonds. The average molecular weight is 351 g/mol. The summed E-state index contributed by atoms with van der Waals surface area (Å²) < 4.78 is 14.0. The molecule has 2 rings (SSSR count). The van der Waals surface area contributed by atoms with Gasteiger partial charge in [0.25, 0.3) is 5.91 Å². The molecule has 0 unspecified atom stereocenters. The molecule has 0 spiro atoms. The van der Waals surface area contributed by atoms with E-state index in [1.165, 1.54) is 6.07 Å². The lowest BCUT2D eigenvalue weighted by atomic mass is 10.1. The SMILES string of the molecule is CNc1cc(C)ccc1C(=O)Nc1cc(F)c(Br)cc1C. The molecule has 0 saturated carbocycles. The summed E-state index contributed by atoms with van der Waals surface area (Å²) >= 11 is 3.12. The summed E-state index contributed by atoms with van der Waals surface area (Å²) in [7, 11) is 1.76. The van der Waals surface area contributed by atoms with Crippen molar-refractivity contribution in [1.82, 2.24) is 0 Å². The van der Waals surface area contributed by atoms with Gasteiger partial charge in [-0.2, -0.15) is 0 Å². The van der Waals surface area contributed by atoms with E-state index in [0.29, 0.717) is 15.7 Å². The van der Waals surface area contributed by atoms with Gasteiger partial charge < -0.3 is 10.6 Å². The molecule has 0 saturated heterocycles. The number of benzene rings is 2. The molecule has 2 aromatic rings. The van der Waals surface area contributed by atoms with Gasteiger partial charge >= 0.3 is 0 Å². The smallest absolute Gasteiger partial charge is 0.257 e. The molecule has 3 nitrogen and oxygen atoms in total. The Kier molecular flexibility index (Phi) is 4.63. The Morgan fingerprint density at radius 2 is 1.86 bits per heavy atom. The first kappa shape index (κ1) is 15.5. The Hall–Kier alpha value is -1.88. The van der Waals surface area contributed by atoms with Crippen LogP contribution < -0.4 is 10.6 Å². The number of rotatable bonds is 3. The van der Waals surface area contributed by atoms with Crippen LogP contribution in [0.3, 0.4) is 0 Å². The lowest BCUT2D eigenvalue weighted by Crippen LogP contribution is -2.15. The van der Waals surface area contributed by atoms with E-state index in [4.69, 9.17) is 0 Å². The van der Waals surface area contributed by atoms with Crippen LogP contribution in [0.4, 0.5) is 15.8 Å². The van der Waals surface area contributed by atoms with Gasteiger partial charge in [-0.15, -0.1) is 0 Å². The Bertz CT molecular complexity index is 701. The van der Waals surface area contributed by atoms with Gasteiger partial charge in [0.1, 0.15) is 5.82 Å². The van der Waals surface area contributed by atoms with E-state index < -0.39 is 5.82 Å². The third kappa shape index (κ3) is 3.42. The number of halogens is 2. The minimum Gasteiger partial charge on any atom is -0.387 e. The van der Waals surface area contributed by atoms with Gasteiger partial charge in [-0.25, -0.2) is 4.39 Å². The van der Waals surface area contributed by atoms with Gasteiger partial charge in [0, 0.05) is 18.4 Å². The van der Waals surface area contributed by atoms with Gasteiger partial charge in [0.05, 0.1) is 10.0 Å². The Balaban J connectivity index is 2.32. The molecule has 0 aliphatic heterocycles. The highest BCUT2D eigenvalue weighted by Crippen LogP contribution is 2.25. The van der Waals surface area contributed by atoms with Crippen LogP contribution in [0.25, 0.3) is 0 Å². The quantitative estimate of drug-likeness (QED) is 0.855. The zero-order valence-electron chi connectivity index (χ0n) is 12.1. The van der Waals surface area contributed by atoms with E-state index >= 15 is 0 Å². The third-order valence-electron chi connectivity index (χ3n) is 3.20. The van der Waals surface area contributed by atoms with Crippen LogP contribution in [-0.2, 0) is 0 Å². The largest absolute Gasteiger partial charge is 0.387 e. The minimum absolute atomic E-state index is 0.274. The second kappa shape index (κ2) is 6.26. The normalized spacial score (nSPS) is 10.3. The van der Waals surface area contributed by atoms with Crippen molar-refractivity contribution >= 4 is 33.2 Å². The van der Waals surface area contributed by atoms with Crippen molar-refractivity contribution in [1.29, 1.82) is 0 Å². The Labute approximate surface area is 131 Å². The fourth-order valence-electron chi connectivity index (χ4n) is 2.03. The summed E-state index contributed by atoms with van der Waals surface area (Å²) in [6.45, 7) is 3.77. The van der Waals surface area contributed by atoms with Crippen LogP contribution in [0.5, 0.6) is 0 Å². The predicted molar refractivity (Wildman–Crippen MR) is 87.5 cm³/mol. The molecule has 0 aliphatic carbocycles. The fourth-order valence-corrected chi connectivity index (χ4v) is 2.49. The molecule has 0 fully saturated rings. The van der Waals surface area contributed by atoms with Crippen LogP contribution >= 0.6 is 15.9 Å². The zero-order valence-corrected chi connectivity index (χ0v) is 13.6. The molecule has 21 heavy (non-hydrogen) atoms. The first-order valence-electron chi connectivity index (χ1n) is 6.47. The molecule has 2 N–H and O–H groups in total. The second-order valence-corrected chi connectivity index (χ2v) is 5.69. The summed E-state index contributed by atoms with van der Waals surface area (Å²) in [4.78, 5) is 12.4. The summed E-state index contributed by atoms with van der Waals surface area (Å²) in [5.74, 6) is -0.683. The highest BCUT2D eigenvalue weighted by molar-refractivity contribution is 9.10. The number of aryl methyl sites for hydroxylation is 2. The van der Waals surface area contributed by atoms with Crippen molar-refractivity contribution in [3.8, 4) is 0 Å². The van der Waals surface area contributed by atoms with Crippen LogP contribution in [0.15, 0.2) is 34.8 Å². The monoisotopic (exact) mass is 350 g/mol. The van der Waals surface area contributed by atoms with Crippen molar-refractivity contribution in [3.63, 3.8) is 0 Å². The minimum atomic E-state index is -0.409. The molecule has 0 aliphatic rings. The maximum Gasteiger partial charge on any atom is 0.257 e. The molecule has 5 heteroatoms. The first-order chi connectivity index (χ1) is 9.92. The summed E-state index contributed by atoms with van der Waals surface area (Å²) in [5, 5.41) is 5.74. The molecular formula is C16H16BrFN2O. The third-order valence-corrected chi connectivity index (χ3v) is 3.81. The van der Waals surface area contributed by atoms with Gasteiger partial charge in [-0.05, 0) is 65.2 Å². The van der Waals surface area contributed by atoms with Crippen LogP contribution in [0, 0.1) is 19.7 Å². The summed E-state index contributed by atoms with van der Waals surface area (Å²) in [6, 6.07) is 8.46. The fraction of sp³-hybridized carbons (Fsp3) is 0.188. The topological polar surface area (TPSA) is 41.1 Å². The number of hydrogen-bond donors (Lipinski definition) is 2. The van der Waals surface area contributed by atoms with Crippen LogP contribution in [0.2, 0.25) is 0 Å². The first-order valence-corrected chi connectivity index (χ1v) is 7.27. The predicted octanol–water partition coefficient (Wildman–Crippen LogP) is 4.50. The molecule has 0 radical (unpaired) electrons. The van der Waals surface area contributed by atoms with E-state index in [1.807, 2.05) is 26.0 Å². The van der Waals surface area contributed by atoms with E-state index in [2.05, 4.69) is 26.6 Å². The Morgan fingerprint density at radius 3 is 2.52 bits per heavy atom. The zero-order chi connectivity index (χ0) is 15.6.